The lowest BCUT2D eigenvalue weighted by molar-refractivity contribution is -0.274. The van der Waals surface area contributed by atoms with Crippen molar-refractivity contribution in [2.75, 3.05) is 30.9 Å². The zero-order chi connectivity index (χ0) is 27.0. The molecule has 1 unspecified atom stereocenters. The third-order valence-corrected chi connectivity index (χ3v) is 6.35. The standard InChI is InChI=1S/C23H29F3N4O6S/c1-2-27-20(14-16-6-4-3-5-7-16)35-22(32)30-12-10-29(11-13-30)21(31)17-8-9-18(28-37(33)34)19(15-17)36-23(24,25)26/h2,8-9,14-16,28H,3-7,10-13H2,1H3,(H,33,34)/b20-14+,27-2?. The molecule has 1 atom stereocenters. The minimum atomic E-state index is -5.08. The number of halogens is 3. The Hall–Kier alpha value is -3.13. The number of amides is 2. The van der Waals surface area contributed by atoms with Gasteiger partial charge >= 0.3 is 12.5 Å². The van der Waals surface area contributed by atoms with Crippen molar-refractivity contribution in [2.24, 2.45) is 10.9 Å². The molecule has 1 aliphatic heterocycles. The Labute approximate surface area is 214 Å². The maximum absolute atomic E-state index is 12.9. The van der Waals surface area contributed by atoms with E-state index in [2.05, 4.69) is 9.73 Å². The highest BCUT2D eigenvalue weighted by Gasteiger charge is 2.33. The van der Waals surface area contributed by atoms with Gasteiger partial charge in [-0.15, -0.1) is 13.2 Å². The summed E-state index contributed by atoms with van der Waals surface area (Å²) in [5.74, 6) is -0.852. The molecule has 37 heavy (non-hydrogen) atoms. The number of alkyl halides is 3. The molecular formula is C23H29F3N4O6S. The summed E-state index contributed by atoms with van der Waals surface area (Å²) in [4.78, 5) is 32.6. The number of allylic oxidation sites excluding steroid dienone is 1. The molecule has 3 rings (SSSR count). The van der Waals surface area contributed by atoms with Crippen molar-refractivity contribution < 1.29 is 41.0 Å². The number of hydrogen-bond acceptors (Lipinski definition) is 6. The van der Waals surface area contributed by atoms with Gasteiger partial charge in [-0.3, -0.25) is 14.1 Å². The van der Waals surface area contributed by atoms with Crippen molar-refractivity contribution in [3.63, 3.8) is 0 Å². The molecule has 2 N–H and O–H groups in total. The number of nitrogens with one attached hydrogen (secondary N) is 1. The van der Waals surface area contributed by atoms with E-state index in [-0.39, 0.29) is 37.6 Å². The fourth-order valence-corrected chi connectivity index (χ4v) is 4.56. The molecule has 1 aromatic rings. The summed E-state index contributed by atoms with van der Waals surface area (Å²) in [6.07, 6.45) is 3.24. The van der Waals surface area contributed by atoms with Gasteiger partial charge in [0.25, 0.3) is 17.2 Å². The lowest BCUT2D eigenvalue weighted by Crippen LogP contribution is -2.50. The molecule has 1 aliphatic carbocycles. The molecule has 1 saturated heterocycles. The van der Waals surface area contributed by atoms with E-state index in [9.17, 15) is 27.0 Å². The Balaban J connectivity index is 1.62. The minimum Gasteiger partial charge on any atom is -0.404 e. The topological polar surface area (TPSA) is 121 Å². The van der Waals surface area contributed by atoms with Crippen LogP contribution in [0.5, 0.6) is 5.75 Å². The zero-order valence-corrected chi connectivity index (χ0v) is 21.0. The summed E-state index contributed by atoms with van der Waals surface area (Å²) in [6.45, 7) is 2.30. The molecule has 1 aromatic carbocycles. The molecule has 0 spiro atoms. The van der Waals surface area contributed by atoms with E-state index in [0.717, 1.165) is 37.8 Å². The Morgan fingerprint density at radius 3 is 2.38 bits per heavy atom. The van der Waals surface area contributed by atoms with Gasteiger partial charge < -0.3 is 19.3 Å². The molecule has 2 aliphatic rings. The average Bonchev–Trinajstić information content (AvgIpc) is 2.84. The highest BCUT2D eigenvalue weighted by atomic mass is 32.2. The molecule has 10 nitrogen and oxygen atoms in total. The van der Waals surface area contributed by atoms with Crippen LogP contribution in [0.15, 0.2) is 35.2 Å². The largest absolute Gasteiger partial charge is 0.573 e. The van der Waals surface area contributed by atoms with E-state index in [1.165, 1.54) is 22.3 Å². The van der Waals surface area contributed by atoms with E-state index >= 15 is 0 Å². The zero-order valence-electron chi connectivity index (χ0n) is 20.2. The lowest BCUT2D eigenvalue weighted by Gasteiger charge is -2.34. The molecule has 2 amide bonds. The Bertz CT molecular complexity index is 1050. The molecule has 0 aromatic heterocycles. The van der Waals surface area contributed by atoms with Gasteiger partial charge in [-0.25, -0.2) is 14.0 Å². The number of piperazine rings is 1. The van der Waals surface area contributed by atoms with Crippen LogP contribution in [0.4, 0.5) is 23.7 Å². The van der Waals surface area contributed by atoms with Crippen molar-refractivity contribution in [1.82, 2.24) is 9.80 Å². The third kappa shape index (κ3) is 8.74. The van der Waals surface area contributed by atoms with Gasteiger partial charge in [0, 0.05) is 38.0 Å². The van der Waals surface area contributed by atoms with Crippen LogP contribution in [0.3, 0.4) is 0 Å². The van der Waals surface area contributed by atoms with E-state index < -0.39 is 41.1 Å². The molecule has 1 heterocycles. The summed E-state index contributed by atoms with van der Waals surface area (Å²) in [7, 11) is 0. The van der Waals surface area contributed by atoms with Crippen LogP contribution in [0.2, 0.25) is 0 Å². The summed E-state index contributed by atoms with van der Waals surface area (Å²) in [6, 6.07) is 3.10. The fourth-order valence-electron chi connectivity index (χ4n) is 4.20. The first-order chi connectivity index (χ1) is 17.6. The quantitative estimate of drug-likeness (QED) is 0.294. The van der Waals surface area contributed by atoms with Crippen molar-refractivity contribution >= 4 is 35.2 Å². The summed E-state index contributed by atoms with van der Waals surface area (Å²) in [5, 5.41) is 0. The maximum Gasteiger partial charge on any atom is 0.573 e. The normalized spacial score (nSPS) is 18.6. The van der Waals surface area contributed by atoms with Crippen molar-refractivity contribution in [1.29, 1.82) is 0 Å². The van der Waals surface area contributed by atoms with Crippen LogP contribution >= 0.6 is 0 Å². The third-order valence-electron chi connectivity index (χ3n) is 5.95. The van der Waals surface area contributed by atoms with Crippen LogP contribution in [0.1, 0.15) is 49.4 Å². The van der Waals surface area contributed by atoms with Crippen LogP contribution in [0.25, 0.3) is 0 Å². The first-order valence-corrected chi connectivity index (χ1v) is 12.9. The molecule has 1 saturated carbocycles. The van der Waals surface area contributed by atoms with E-state index in [0.29, 0.717) is 5.92 Å². The van der Waals surface area contributed by atoms with E-state index in [1.54, 1.807) is 13.1 Å². The van der Waals surface area contributed by atoms with Crippen molar-refractivity contribution in [2.45, 2.75) is 45.4 Å². The number of anilines is 1. The van der Waals surface area contributed by atoms with Crippen molar-refractivity contribution in [3.8, 4) is 5.75 Å². The number of hydrogen-bond donors (Lipinski definition) is 2. The maximum atomic E-state index is 12.9. The summed E-state index contributed by atoms with van der Waals surface area (Å²) >= 11 is -2.65. The predicted octanol–water partition coefficient (Wildman–Crippen LogP) is 4.54. The highest BCUT2D eigenvalue weighted by molar-refractivity contribution is 7.80. The van der Waals surface area contributed by atoms with Gasteiger partial charge in [0.15, 0.2) is 5.75 Å². The monoisotopic (exact) mass is 546 g/mol. The number of benzene rings is 1. The predicted molar refractivity (Wildman–Crippen MR) is 130 cm³/mol. The number of carbonyl (C=O) groups is 2. The molecular weight excluding hydrogens is 517 g/mol. The highest BCUT2D eigenvalue weighted by Crippen LogP contribution is 2.32. The second-order valence-electron chi connectivity index (χ2n) is 8.55. The average molecular weight is 547 g/mol. The first kappa shape index (κ1) is 28.4. The Morgan fingerprint density at radius 2 is 1.78 bits per heavy atom. The number of aliphatic imine (C=N–C) groups is 1. The van der Waals surface area contributed by atoms with Gasteiger partial charge in [0.1, 0.15) is 0 Å². The first-order valence-electron chi connectivity index (χ1n) is 11.8. The number of carbonyl (C=O) groups excluding carboxylic acids is 2. The Morgan fingerprint density at radius 1 is 1.14 bits per heavy atom. The van der Waals surface area contributed by atoms with Crippen LogP contribution < -0.4 is 9.46 Å². The molecule has 2 fully saturated rings. The molecule has 0 bridgehead atoms. The second-order valence-corrected chi connectivity index (χ2v) is 9.25. The number of ether oxygens (including phenoxy) is 2. The minimum absolute atomic E-state index is 0.112. The second kappa shape index (κ2) is 12.9. The lowest BCUT2D eigenvalue weighted by atomic mass is 9.89. The number of rotatable bonds is 7. The SMILES string of the molecule is CC=N/C(=C\C1CCCCC1)OC(=O)N1CCN(C(=O)c2ccc(NS(=O)O)c(OC(F)(F)F)c2)CC1. The molecule has 14 heteroatoms. The van der Waals surface area contributed by atoms with Gasteiger partial charge in [0.2, 0.25) is 5.88 Å². The van der Waals surface area contributed by atoms with E-state index in [4.69, 9.17) is 9.29 Å². The Kier molecular flexibility index (Phi) is 9.92. The van der Waals surface area contributed by atoms with Crippen LogP contribution in [-0.4, -0.2) is 69.3 Å². The van der Waals surface area contributed by atoms with Gasteiger partial charge in [-0.2, -0.15) is 0 Å². The van der Waals surface area contributed by atoms with E-state index in [1.807, 2.05) is 10.8 Å². The fraction of sp³-hybridized carbons (Fsp3) is 0.522. The van der Waals surface area contributed by atoms with Gasteiger partial charge in [-0.1, -0.05) is 19.3 Å². The number of nitrogens with zero attached hydrogens (tertiary/aromatic N) is 3. The van der Waals surface area contributed by atoms with Gasteiger partial charge in [-0.05, 0) is 50.0 Å². The molecule has 0 radical (unpaired) electrons. The van der Waals surface area contributed by atoms with Crippen molar-refractivity contribution in [3.05, 3.63) is 35.7 Å². The molecule has 204 valence electrons. The van der Waals surface area contributed by atoms with Gasteiger partial charge in [0.05, 0.1) is 5.69 Å². The van der Waals surface area contributed by atoms with Crippen LogP contribution in [-0.2, 0) is 16.0 Å². The van der Waals surface area contributed by atoms with Crippen LogP contribution in [0, 0.1) is 5.92 Å². The summed E-state index contributed by atoms with van der Waals surface area (Å²) < 4.78 is 69.6. The summed E-state index contributed by atoms with van der Waals surface area (Å²) in [5.41, 5.74) is -0.520. The smallest absolute Gasteiger partial charge is 0.404 e.